The van der Waals surface area contributed by atoms with Crippen LogP contribution in [-0.4, -0.2) is 27.3 Å². The SMILES string of the molecule is CC1(O)C2OC(P2c2ccccc2)C1(C)Cl. The topological polar surface area (TPSA) is 29.5 Å². The molecular formula is C12H14ClO2P. The van der Waals surface area contributed by atoms with Gasteiger partial charge in [0.05, 0.1) is 0 Å². The smallest absolute Gasteiger partial charge is 0.114 e. The molecule has 5 atom stereocenters. The third-order valence-corrected chi connectivity index (χ3v) is 7.65. The molecule has 0 aliphatic carbocycles. The Balaban J connectivity index is 2.00. The fourth-order valence-electron chi connectivity index (χ4n) is 2.47. The second kappa shape index (κ2) is 3.20. The Morgan fingerprint density at radius 1 is 1.25 bits per heavy atom. The van der Waals surface area contributed by atoms with Crippen molar-refractivity contribution in [2.24, 2.45) is 0 Å². The Hall–Kier alpha value is -0.140. The molecule has 86 valence electrons. The first-order valence-corrected chi connectivity index (χ1v) is 7.22. The van der Waals surface area contributed by atoms with E-state index in [1.54, 1.807) is 6.92 Å². The predicted octanol–water partition coefficient (Wildman–Crippen LogP) is 2.24. The van der Waals surface area contributed by atoms with Crippen LogP contribution in [0.1, 0.15) is 13.8 Å². The van der Waals surface area contributed by atoms with Crippen LogP contribution in [0.15, 0.2) is 30.3 Å². The van der Waals surface area contributed by atoms with Crippen molar-refractivity contribution in [3.05, 3.63) is 30.3 Å². The lowest BCUT2D eigenvalue weighted by atomic mass is 9.94. The molecule has 0 amide bonds. The van der Waals surface area contributed by atoms with E-state index < -0.39 is 18.4 Å². The number of halogens is 1. The summed E-state index contributed by atoms with van der Waals surface area (Å²) in [6, 6.07) is 10.2. The van der Waals surface area contributed by atoms with Crippen LogP contribution in [-0.2, 0) is 4.74 Å². The molecule has 16 heavy (non-hydrogen) atoms. The van der Waals surface area contributed by atoms with Crippen LogP contribution < -0.4 is 5.30 Å². The third kappa shape index (κ3) is 1.14. The van der Waals surface area contributed by atoms with Gasteiger partial charge in [0.25, 0.3) is 0 Å². The lowest BCUT2D eigenvalue weighted by molar-refractivity contribution is -0.00228. The molecule has 4 heteroatoms. The van der Waals surface area contributed by atoms with Crippen LogP contribution in [0, 0.1) is 0 Å². The number of hydrogen-bond acceptors (Lipinski definition) is 2. The van der Waals surface area contributed by atoms with Crippen molar-refractivity contribution in [1.29, 1.82) is 0 Å². The molecule has 3 fully saturated rings. The highest BCUT2D eigenvalue weighted by Crippen LogP contribution is 2.74. The maximum Gasteiger partial charge on any atom is 0.114 e. The Morgan fingerprint density at radius 2 is 1.88 bits per heavy atom. The molecule has 3 saturated heterocycles. The summed E-state index contributed by atoms with van der Waals surface area (Å²) in [7, 11) is -0.484. The first-order valence-electron chi connectivity index (χ1n) is 5.36. The van der Waals surface area contributed by atoms with Gasteiger partial charge >= 0.3 is 0 Å². The van der Waals surface area contributed by atoms with E-state index in [4.69, 9.17) is 16.3 Å². The fourth-order valence-corrected chi connectivity index (χ4v) is 6.22. The van der Waals surface area contributed by atoms with Crippen LogP contribution in [0.4, 0.5) is 0 Å². The van der Waals surface area contributed by atoms with Gasteiger partial charge in [0.15, 0.2) is 0 Å². The Morgan fingerprint density at radius 3 is 2.31 bits per heavy atom. The summed E-state index contributed by atoms with van der Waals surface area (Å²) in [6.07, 6.45) is 0. The summed E-state index contributed by atoms with van der Waals surface area (Å²) < 4.78 is 5.69. The predicted molar refractivity (Wildman–Crippen MR) is 66.5 cm³/mol. The molecule has 3 heterocycles. The third-order valence-electron chi connectivity index (χ3n) is 3.75. The van der Waals surface area contributed by atoms with Gasteiger partial charge in [-0.1, -0.05) is 30.3 Å². The molecule has 1 N–H and O–H groups in total. The minimum atomic E-state index is -0.930. The van der Waals surface area contributed by atoms with Crippen molar-refractivity contribution in [3.8, 4) is 0 Å². The molecule has 3 aliphatic heterocycles. The van der Waals surface area contributed by atoms with Gasteiger partial charge in [-0.2, -0.15) is 0 Å². The number of fused-ring (bicyclic) bond motifs is 1. The quantitative estimate of drug-likeness (QED) is 0.617. The second-order valence-corrected chi connectivity index (χ2v) is 7.86. The van der Waals surface area contributed by atoms with Crippen LogP contribution in [0.3, 0.4) is 0 Å². The lowest BCUT2D eigenvalue weighted by Gasteiger charge is -2.38. The molecule has 3 aliphatic rings. The van der Waals surface area contributed by atoms with Crippen molar-refractivity contribution < 1.29 is 9.84 Å². The zero-order valence-electron chi connectivity index (χ0n) is 9.22. The van der Waals surface area contributed by atoms with Gasteiger partial charge in [-0.25, -0.2) is 0 Å². The Kier molecular flexibility index (Phi) is 2.20. The van der Waals surface area contributed by atoms with Crippen LogP contribution >= 0.6 is 19.5 Å². The summed E-state index contributed by atoms with van der Waals surface area (Å²) in [5.41, 5.74) is -0.930. The minimum Gasteiger partial charge on any atom is -0.385 e. The van der Waals surface area contributed by atoms with E-state index >= 15 is 0 Å². The van der Waals surface area contributed by atoms with Gasteiger partial charge < -0.3 is 9.84 Å². The summed E-state index contributed by atoms with van der Waals surface area (Å²) >= 11 is 6.44. The highest BCUT2D eigenvalue weighted by Gasteiger charge is 2.73. The average molecular weight is 257 g/mol. The van der Waals surface area contributed by atoms with Crippen LogP contribution in [0.25, 0.3) is 0 Å². The van der Waals surface area contributed by atoms with E-state index in [1.807, 2.05) is 25.1 Å². The average Bonchev–Trinajstić information content (AvgIpc) is 2.42. The van der Waals surface area contributed by atoms with E-state index in [9.17, 15) is 5.11 Å². The van der Waals surface area contributed by atoms with Gasteiger partial charge in [0.2, 0.25) is 0 Å². The number of aliphatic hydroxyl groups is 1. The number of rotatable bonds is 1. The highest BCUT2D eigenvalue weighted by molar-refractivity contribution is 7.68. The van der Waals surface area contributed by atoms with Crippen molar-refractivity contribution >= 4 is 24.8 Å². The standard InChI is InChI=1S/C12H14ClO2P/c1-11(13)9-15-10(12(11,2)14)16(9)8-6-4-3-5-7-8/h3-7,9-10,14H,1-2H3. The zero-order valence-corrected chi connectivity index (χ0v) is 10.9. The van der Waals surface area contributed by atoms with Crippen molar-refractivity contribution in [2.45, 2.75) is 36.0 Å². The number of ether oxygens (including phenoxy) is 1. The molecule has 0 radical (unpaired) electrons. The van der Waals surface area contributed by atoms with Gasteiger partial charge in [0, 0.05) is 0 Å². The summed E-state index contributed by atoms with van der Waals surface area (Å²) in [5.74, 6) is -0.135. The Labute approximate surface area is 101 Å². The van der Waals surface area contributed by atoms with E-state index in [1.165, 1.54) is 5.30 Å². The lowest BCUT2D eigenvalue weighted by Crippen LogP contribution is -2.44. The Bertz CT molecular complexity index is 398. The van der Waals surface area contributed by atoms with E-state index in [0.717, 1.165) is 0 Å². The normalized spacial score (nSPS) is 50.1. The second-order valence-electron chi connectivity index (χ2n) is 4.81. The number of alkyl halides is 1. The maximum atomic E-state index is 10.4. The summed E-state index contributed by atoms with van der Waals surface area (Å²) in [4.78, 5) is -0.667. The maximum absolute atomic E-state index is 10.4. The number of hydrogen-bond donors (Lipinski definition) is 1. The molecule has 5 unspecified atom stereocenters. The summed E-state index contributed by atoms with van der Waals surface area (Å²) in [6.45, 7) is 3.67. The van der Waals surface area contributed by atoms with Crippen molar-refractivity contribution in [3.63, 3.8) is 0 Å². The molecule has 4 rings (SSSR count). The minimum absolute atomic E-state index is 0.0217. The first-order chi connectivity index (χ1) is 7.46. The van der Waals surface area contributed by atoms with Crippen molar-refractivity contribution in [2.75, 3.05) is 0 Å². The summed E-state index contributed by atoms with van der Waals surface area (Å²) in [5, 5.41) is 11.7. The molecule has 1 aromatic carbocycles. The van der Waals surface area contributed by atoms with Gasteiger partial charge in [-0.05, 0) is 27.1 Å². The fraction of sp³-hybridized carbons (Fsp3) is 0.500. The highest BCUT2D eigenvalue weighted by atomic mass is 35.5. The van der Waals surface area contributed by atoms with Gasteiger partial charge in [-0.3, -0.25) is 0 Å². The molecule has 0 spiro atoms. The van der Waals surface area contributed by atoms with Crippen LogP contribution in [0.5, 0.6) is 0 Å². The molecule has 0 aromatic heterocycles. The van der Waals surface area contributed by atoms with E-state index in [-0.39, 0.29) is 11.7 Å². The molecule has 1 aromatic rings. The van der Waals surface area contributed by atoms with Gasteiger partial charge in [-0.15, -0.1) is 11.6 Å². The number of benzene rings is 1. The zero-order chi connectivity index (χ0) is 11.6. The van der Waals surface area contributed by atoms with E-state index in [0.29, 0.717) is 0 Å². The molecular weight excluding hydrogens is 243 g/mol. The molecule has 0 saturated carbocycles. The van der Waals surface area contributed by atoms with Gasteiger partial charge in [0.1, 0.15) is 22.2 Å². The monoisotopic (exact) mass is 256 g/mol. The largest absolute Gasteiger partial charge is 0.385 e. The van der Waals surface area contributed by atoms with E-state index in [2.05, 4.69) is 12.1 Å². The first kappa shape index (κ1) is 11.0. The molecule has 2 bridgehead atoms. The van der Waals surface area contributed by atoms with Crippen LogP contribution in [0.2, 0.25) is 0 Å². The molecule has 2 nitrogen and oxygen atoms in total. The van der Waals surface area contributed by atoms with Crippen molar-refractivity contribution in [1.82, 2.24) is 0 Å².